The van der Waals surface area contributed by atoms with Crippen molar-refractivity contribution < 1.29 is 9.90 Å². The molecule has 0 saturated carbocycles. The van der Waals surface area contributed by atoms with E-state index >= 15 is 0 Å². The number of phenols is 1. The quantitative estimate of drug-likeness (QED) is 0.513. The standard InChI is InChI=1S/C18H20N2O2/c1-18(2,3)16-6-4-5-13(17(16)22)10-20-15-8-12(11-21)7-14(19)9-15/h4-11,22H,19H2,1-3H3. The van der Waals surface area contributed by atoms with Gasteiger partial charge in [-0.1, -0.05) is 32.9 Å². The van der Waals surface area contributed by atoms with Gasteiger partial charge in [-0.05, 0) is 35.2 Å². The predicted molar refractivity (Wildman–Crippen MR) is 90.3 cm³/mol. The van der Waals surface area contributed by atoms with Crippen LogP contribution >= 0.6 is 0 Å². The fraction of sp³-hybridized carbons (Fsp3) is 0.222. The zero-order valence-corrected chi connectivity index (χ0v) is 13.0. The van der Waals surface area contributed by atoms with Gasteiger partial charge < -0.3 is 10.8 Å². The van der Waals surface area contributed by atoms with Crippen LogP contribution in [-0.4, -0.2) is 17.6 Å². The van der Waals surface area contributed by atoms with Crippen molar-refractivity contribution in [2.24, 2.45) is 4.99 Å². The van der Waals surface area contributed by atoms with E-state index < -0.39 is 0 Å². The molecule has 0 spiro atoms. The van der Waals surface area contributed by atoms with Crippen LogP contribution in [0.3, 0.4) is 0 Å². The summed E-state index contributed by atoms with van der Waals surface area (Å²) in [6.07, 6.45) is 2.31. The van der Waals surface area contributed by atoms with Gasteiger partial charge in [0.05, 0.1) is 5.69 Å². The van der Waals surface area contributed by atoms with Crippen LogP contribution in [0.4, 0.5) is 11.4 Å². The van der Waals surface area contributed by atoms with E-state index in [4.69, 9.17) is 5.73 Å². The molecule has 2 aromatic carbocycles. The van der Waals surface area contributed by atoms with Crippen molar-refractivity contribution in [2.75, 3.05) is 5.73 Å². The molecule has 0 radical (unpaired) electrons. The van der Waals surface area contributed by atoms with Crippen molar-refractivity contribution in [1.29, 1.82) is 0 Å². The molecular weight excluding hydrogens is 276 g/mol. The first-order chi connectivity index (χ1) is 10.3. The number of nitrogens with zero attached hydrogens (tertiary/aromatic N) is 1. The number of rotatable bonds is 3. The fourth-order valence-corrected chi connectivity index (χ4v) is 2.22. The molecule has 4 nitrogen and oxygen atoms in total. The van der Waals surface area contributed by atoms with Gasteiger partial charge in [0.2, 0.25) is 0 Å². The number of aromatic hydroxyl groups is 1. The second kappa shape index (κ2) is 6.02. The van der Waals surface area contributed by atoms with Gasteiger partial charge in [0.15, 0.2) is 0 Å². The van der Waals surface area contributed by atoms with E-state index in [-0.39, 0.29) is 11.2 Å². The molecule has 3 N–H and O–H groups in total. The van der Waals surface area contributed by atoms with E-state index in [0.29, 0.717) is 22.5 Å². The minimum Gasteiger partial charge on any atom is -0.507 e. The minimum absolute atomic E-state index is 0.157. The van der Waals surface area contributed by atoms with Gasteiger partial charge in [-0.2, -0.15) is 0 Å². The van der Waals surface area contributed by atoms with Crippen LogP contribution in [-0.2, 0) is 5.41 Å². The van der Waals surface area contributed by atoms with E-state index in [0.717, 1.165) is 11.8 Å². The number of benzene rings is 2. The normalized spacial score (nSPS) is 11.8. The monoisotopic (exact) mass is 296 g/mol. The Bertz CT molecular complexity index is 728. The number of phenolic OH excluding ortho intramolecular Hbond substituents is 1. The van der Waals surface area contributed by atoms with E-state index in [9.17, 15) is 9.90 Å². The molecule has 0 aliphatic rings. The Hall–Kier alpha value is -2.62. The summed E-state index contributed by atoms with van der Waals surface area (Å²) in [5, 5.41) is 10.4. The molecule has 0 amide bonds. The van der Waals surface area contributed by atoms with Gasteiger partial charge in [-0.3, -0.25) is 9.79 Å². The van der Waals surface area contributed by atoms with E-state index in [1.165, 1.54) is 0 Å². The molecule has 2 aromatic rings. The van der Waals surface area contributed by atoms with E-state index in [2.05, 4.69) is 4.99 Å². The van der Waals surface area contributed by atoms with Gasteiger partial charge in [-0.15, -0.1) is 0 Å². The Balaban J connectivity index is 2.39. The van der Waals surface area contributed by atoms with E-state index in [1.807, 2.05) is 32.9 Å². The minimum atomic E-state index is -0.157. The van der Waals surface area contributed by atoms with Gasteiger partial charge in [0.25, 0.3) is 0 Å². The Morgan fingerprint density at radius 3 is 2.55 bits per heavy atom. The van der Waals surface area contributed by atoms with Gasteiger partial charge in [0.1, 0.15) is 12.0 Å². The lowest BCUT2D eigenvalue weighted by Gasteiger charge is -2.21. The topological polar surface area (TPSA) is 75.7 Å². The highest BCUT2D eigenvalue weighted by molar-refractivity contribution is 5.87. The molecule has 0 bridgehead atoms. The SMILES string of the molecule is CC(C)(C)c1cccc(C=Nc2cc(N)cc(C=O)c2)c1O. The number of carbonyl (C=O) groups excluding carboxylic acids is 1. The Morgan fingerprint density at radius 2 is 1.91 bits per heavy atom. The second-order valence-electron chi connectivity index (χ2n) is 6.23. The average Bonchev–Trinajstić information content (AvgIpc) is 2.44. The molecule has 22 heavy (non-hydrogen) atoms. The largest absolute Gasteiger partial charge is 0.507 e. The van der Waals surface area contributed by atoms with Gasteiger partial charge in [-0.25, -0.2) is 0 Å². The summed E-state index contributed by atoms with van der Waals surface area (Å²) in [6.45, 7) is 6.12. The molecular formula is C18H20N2O2. The number of nitrogen functional groups attached to an aromatic ring is 1. The number of carbonyl (C=O) groups is 1. The maximum atomic E-state index is 10.8. The van der Waals surface area contributed by atoms with Crippen LogP contribution in [0.2, 0.25) is 0 Å². The lowest BCUT2D eigenvalue weighted by Crippen LogP contribution is -2.11. The third kappa shape index (κ3) is 3.52. The highest BCUT2D eigenvalue weighted by atomic mass is 16.3. The summed E-state index contributed by atoms with van der Waals surface area (Å²) in [7, 11) is 0. The average molecular weight is 296 g/mol. The summed E-state index contributed by atoms with van der Waals surface area (Å²) in [5.41, 5.74) is 8.58. The third-order valence-electron chi connectivity index (χ3n) is 3.33. The van der Waals surface area contributed by atoms with Crippen LogP contribution in [0.15, 0.2) is 41.4 Å². The van der Waals surface area contributed by atoms with Crippen LogP contribution in [0.25, 0.3) is 0 Å². The smallest absolute Gasteiger partial charge is 0.150 e. The van der Waals surface area contributed by atoms with Crippen molar-refractivity contribution in [3.63, 3.8) is 0 Å². The van der Waals surface area contributed by atoms with Crippen molar-refractivity contribution in [2.45, 2.75) is 26.2 Å². The van der Waals surface area contributed by atoms with Gasteiger partial charge >= 0.3 is 0 Å². The summed E-state index contributed by atoms with van der Waals surface area (Å²) in [5.74, 6) is 0.221. The number of para-hydroxylation sites is 1. The molecule has 0 aromatic heterocycles. The van der Waals surface area contributed by atoms with Crippen LogP contribution in [0.1, 0.15) is 42.3 Å². The van der Waals surface area contributed by atoms with E-state index in [1.54, 1.807) is 30.5 Å². The predicted octanol–water partition coefficient (Wildman–Crippen LogP) is 3.84. The number of hydrogen-bond acceptors (Lipinski definition) is 4. The molecule has 0 aliphatic carbocycles. The number of hydrogen-bond donors (Lipinski definition) is 2. The maximum absolute atomic E-state index is 10.8. The van der Waals surface area contributed by atoms with Crippen molar-refractivity contribution >= 4 is 23.9 Å². The second-order valence-corrected chi connectivity index (χ2v) is 6.23. The number of aliphatic imine (C=N–C) groups is 1. The number of aldehydes is 1. The van der Waals surface area contributed by atoms with Crippen LogP contribution in [0, 0.1) is 0 Å². The molecule has 4 heteroatoms. The molecule has 0 fully saturated rings. The molecule has 0 heterocycles. The third-order valence-corrected chi connectivity index (χ3v) is 3.33. The van der Waals surface area contributed by atoms with Crippen molar-refractivity contribution in [3.8, 4) is 5.75 Å². The molecule has 0 saturated heterocycles. The summed E-state index contributed by atoms with van der Waals surface area (Å²) in [4.78, 5) is 15.2. The van der Waals surface area contributed by atoms with Crippen molar-refractivity contribution in [1.82, 2.24) is 0 Å². The number of anilines is 1. The fourth-order valence-electron chi connectivity index (χ4n) is 2.22. The lowest BCUT2D eigenvalue weighted by molar-refractivity contribution is 0.112. The summed E-state index contributed by atoms with van der Waals surface area (Å²) < 4.78 is 0. The highest BCUT2D eigenvalue weighted by Gasteiger charge is 2.19. The molecule has 0 aliphatic heterocycles. The zero-order valence-electron chi connectivity index (χ0n) is 13.0. The number of nitrogens with two attached hydrogens (primary N) is 1. The highest BCUT2D eigenvalue weighted by Crippen LogP contribution is 2.32. The molecule has 2 rings (SSSR count). The Kier molecular flexibility index (Phi) is 4.31. The molecule has 0 atom stereocenters. The first-order valence-corrected chi connectivity index (χ1v) is 7.03. The summed E-state index contributed by atoms with van der Waals surface area (Å²) in [6, 6.07) is 10.5. The van der Waals surface area contributed by atoms with Crippen molar-refractivity contribution in [3.05, 3.63) is 53.1 Å². The van der Waals surface area contributed by atoms with Crippen LogP contribution in [0.5, 0.6) is 5.75 Å². The maximum Gasteiger partial charge on any atom is 0.150 e. The zero-order chi connectivity index (χ0) is 16.3. The summed E-state index contributed by atoms with van der Waals surface area (Å²) >= 11 is 0. The Morgan fingerprint density at radius 1 is 1.18 bits per heavy atom. The Labute approximate surface area is 130 Å². The first-order valence-electron chi connectivity index (χ1n) is 7.03. The van der Waals surface area contributed by atoms with Gasteiger partial charge in [0, 0.05) is 23.0 Å². The molecule has 114 valence electrons. The van der Waals surface area contributed by atoms with Crippen LogP contribution < -0.4 is 5.73 Å². The first kappa shape index (κ1) is 15.8. The molecule has 0 unspecified atom stereocenters. The lowest BCUT2D eigenvalue weighted by atomic mass is 9.85.